The van der Waals surface area contributed by atoms with Crippen LogP contribution in [0.1, 0.15) is 19.3 Å². The zero-order valence-electron chi connectivity index (χ0n) is 10.5. The third-order valence-electron chi connectivity index (χ3n) is 3.02. The predicted octanol–water partition coefficient (Wildman–Crippen LogP) is 1.44. The first-order valence-corrected chi connectivity index (χ1v) is 8.27. The first-order chi connectivity index (χ1) is 9.40. The molecule has 1 aromatic rings. The minimum Gasteiger partial charge on any atom is -0.480 e. The molecule has 1 saturated heterocycles. The summed E-state index contributed by atoms with van der Waals surface area (Å²) in [6, 6.07) is 2.14. The maximum absolute atomic E-state index is 12.3. The standard InChI is InChI=1S/C11H14BrN3O4S/c12-10-5-4-8(7-13-10)14-20(18,19)15-6-2-1-3-9(15)11(16)17/h4-5,7,9,14H,1-3,6H2,(H,16,17). The Balaban J connectivity index is 2.20. The monoisotopic (exact) mass is 363 g/mol. The van der Waals surface area contributed by atoms with Crippen LogP contribution in [0.25, 0.3) is 0 Å². The molecule has 1 aliphatic heterocycles. The number of anilines is 1. The van der Waals surface area contributed by atoms with Crippen LogP contribution >= 0.6 is 15.9 Å². The molecule has 2 N–H and O–H groups in total. The number of halogens is 1. The Kier molecular flexibility index (Phi) is 4.61. The van der Waals surface area contributed by atoms with Gasteiger partial charge < -0.3 is 5.11 Å². The molecule has 0 saturated carbocycles. The summed E-state index contributed by atoms with van der Waals surface area (Å²) >= 11 is 3.15. The molecule has 0 radical (unpaired) electrons. The van der Waals surface area contributed by atoms with Gasteiger partial charge in [-0.15, -0.1) is 0 Å². The number of nitrogens with zero attached hydrogens (tertiary/aromatic N) is 2. The summed E-state index contributed by atoms with van der Waals surface area (Å²) in [5.41, 5.74) is 0.294. The summed E-state index contributed by atoms with van der Waals surface area (Å²) in [6.45, 7) is 0.205. The fourth-order valence-corrected chi connectivity index (χ4v) is 3.75. The predicted molar refractivity (Wildman–Crippen MR) is 76.5 cm³/mol. The van der Waals surface area contributed by atoms with E-state index >= 15 is 0 Å². The lowest BCUT2D eigenvalue weighted by molar-refractivity contribution is -0.142. The lowest BCUT2D eigenvalue weighted by Crippen LogP contribution is -2.49. The highest BCUT2D eigenvalue weighted by molar-refractivity contribution is 9.10. The number of nitrogens with one attached hydrogen (secondary N) is 1. The lowest BCUT2D eigenvalue weighted by atomic mass is 10.1. The highest BCUT2D eigenvalue weighted by Crippen LogP contribution is 2.22. The van der Waals surface area contributed by atoms with Gasteiger partial charge in [-0.2, -0.15) is 12.7 Å². The Hall–Kier alpha value is -1.19. The molecule has 0 amide bonds. The van der Waals surface area contributed by atoms with E-state index in [4.69, 9.17) is 5.11 Å². The minimum atomic E-state index is -3.90. The second-order valence-electron chi connectivity index (χ2n) is 4.44. The number of pyridine rings is 1. The van der Waals surface area contributed by atoms with E-state index in [0.717, 1.165) is 4.31 Å². The van der Waals surface area contributed by atoms with Crippen LogP contribution in [0.2, 0.25) is 0 Å². The van der Waals surface area contributed by atoms with Crippen molar-refractivity contribution in [2.75, 3.05) is 11.3 Å². The van der Waals surface area contributed by atoms with Gasteiger partial charge in [0.15, 0.2) is 0 Å². The summed E-state index contributed by atoms with van der Waals surface area (Å²) in [6.07, 6.45) is 3.06. The van der Waals surface area contributed by atoms with E-state index in [1.165, 1.54) is 6.20 Å². The van der Waals surface area contributed by atoms with Crippen LogP contribution in [-0.4, -0.2) is 41.4 Å². The van der Waals surface area contributed by atoms with E-state index in [9.17, 15) is 13.2 Å². The largest absolute Gasteiger partial charge is 0.480 e. The lowest BCUT2D eigenvalue weighted by Gasteiger charge is -2.31. The maximum atomic E-state index is 12.3. The summed E-state index contributed by atoms with van der Waals surface area (Å²) < 4.78 is 28.5. The van der Waals surface area contributed by atoms with Crippen LogP contribution in [0.3, 0.4) is 0 Å². The highest BCUT2D eigenvalue weighted by atomic mass is 79.9. The quantitative estimate of drug-likeness (QED) is 0.788. The average Bonchev–Trinajstić information content (AvgIpc) is 2.41. The van der Waals surface area contributed by atoms with E-state index in [1.807, 2.05) is 0 Å². The molecule has 0 bridgehead atoms. The van der Waals surface area contributed by atoms with Crippen molar-refractivity contribution >= 4 is 37.8 Å². The smallest absolute Gasteiger partial charge is 0.322 e. The number of piperidine rings is 1. The molecule has 7 nitrogen and oxygen atoms in total. The zero-order valence-corrected chi connectivity index (χ0v) is 12.9. The maximum Gasteiger partial charge on any atom is 0.322 e. The molecule has 2 heterocycles. The van der Waals surface area contributed by atoms with Gasteiger partial charge in [-0.25, -0.2) is 4.98 Å². The molecular weight excluding hydrogens is 350 g/mol. The van der Waals surface area contributed by atoms with E-state index in [1.54, 1.807) is 12.1 Å². The highest BCUT2D eigenvalue weighted by Gasteiger charge is 2.36. The van der Waals surface area contributed by atoms with Gasteiger partial charge in [-0.3, -0.25) is 9.52 Å². The molecule has 0 spiro atoms. The number of carbonyl (C=O) groups is 1. The van der Waals surface area contributed by atoms with Crippen molar-refractivity contribution in [3.05, 3.63) is 22.9 Å². The van der Waals surface area contributed by atoms with Crippen molar-refractivity contribution in [1.29, 1.82) is 0 Å². The molecule has 0 aliphatic carbocycles. The number of carboxylic acids is 1. The van der Waals surface area contributed by atoms with Crippen molar-refractivity contribution < 1.29 is 18.3 Å². The first kappa shape index (κ1) is 15.2. The van der Waals surface area contributed by atoms with Gasteiger partial charge in [0.05, 0.1) is 11.9 Å². The van der Waals surface area contributed by atoms with Crippen LogP contribution in [0, 0.1) is 0 Å². The molecule has 9 heteroatoms. The third kappa shape index (κ3) is 3.47. The van der Waals surface area contributed by atoms with Gasteiger partial charge in [0.25, 0.3) is 0 Å². The van der Waals surface area contributed by atoms with Crippen LogP contribution in [0.5, 0.6) is 0 Å². The number of hydrogen-bond donors (Lipinski definition) is 2. The summed E-state index contributed by atoms with van der Waals surface area (Å²) in [5, 5.41) is 9.12. The Morgan fingerprint density at radius 1 is 1.45 bits per heavy atom. The average molecular weight is 364 g/mol. The van der Waals surface area contributed by atoms with Crippen LogP contribution in [0.15, 0.2) is 22.9 Å². The molecule has 0 aromatic carbocycles. The van der Waals surface area contributed by atoms with Crippen LogP contribution < -0.4 is 4.72 Å². The second-order valence-corrected chi connectivity index (χ2v) is 6.87. The summed E-state index contributed by atoms with van der Waals surface area (Å²) in [7, 11) is -3.90. The van der Waals surface area contributed by atoms with Crippen molar-refractivity contribution in [2.24, 2.45) is 0 Å². The van der Waals surface area contributed by atoms with Crippen LogP contribution in [0.4, 0.5) is 5.69 Å². The number of aromatic nitrogens is 1. The molecule has 1 unspecified atom stereocenters. The van der Waals surface area contributed by atoms with Gasteiger partial charge >= 0.3 is 16.2 Å². The van der Waals surface area contributed by atoms with E-state index in [2.05, 4.69) is 25.6 Å². The zero-order chi connectivity index (χ0) is 14.8. The van der Waals surface area contributed by atoms with Gasteiger partial charge in [0.1, 0.15) is 10.6 Å². The Morgan fingerprint density at radius 2 is 2.20 bits per heavy atom. The summed E-state index contributed by atoms with van der Waals surface area (Å²) in [4.78, 5) is 15.1. The molecule has 20 heavy (non-hydrogen) atoms. The Morgan fingerprint density at radius 3 is 2.80 bits per heavy atom. The number of carboxylic acid groups (broad SMARTS) is 1. The van der Waals surface area contributed by atoms with Crippen LogP contribution in [-0.2, 0) is 15.0 Å². The number of hydrogen-bond acceptors (Lipinski definition) is 4. The van der Waals surface area contributed by atoms with Gasteiger partial charge in [-0.05, 0) is 47.3 Å². The molecule has 1 aliphatic rings. The molecule has 1 aromatic heterocycles. The topological polar surface area (TPSA) is 99.6 Å². The van der Waals surface area contributed by atoms with Crippen molar-refractivity contribution in [1.82, 2.24) is 9.29 Å². The fraction of sp³-hybridized carbons (Fsp3) is 0.455. The van der Waals surface area contributed by atoms with Crippen molar-refractivity contribution in [2.45, 2.75) is 25.3 Å². The Labute approximate surface area is 125 Å². The first-order valence-electron chi connectivity index (χ1n) is 6.04. The van der Waals surface area contributed by atoms with Gasteiger partial charge in [-0.1, -0.05) is 0 Å². The molecule has 1 atom stereocenters. The number of rotatable bonds is 4. The van der Waals surface area contributed by atoms with Gasteiger partial charge in [0, 0.05) is 6.54 Å². The fourth-order valence-electron chi connectivity index (χ4n) is 2.08. The van der Waals surface area contributed by atoms with Crippen molar-refractivity contribution in [3.63, 3.8) is 0 Å². The molecular formula is C11H14BrN3O4S. The van der Waals surface area contributed by atoms with E-state index < -0.39 is 22.2 Å². The second kappa shape index (κ2) is 6.06. The molecule has 1 fully saturated rings. The summed E-state index contributed by atoms with van der Waals surface area (Å²) in [5.74, 6) is -1.12. The van der Waals surface area contributed by atoms with E-state index in [-0.39, 0.29) is 6.54 Å². The van der Waals surface area contributed by atoms with E-state index in [0.29, 0.717) is 29.6 Å². The van der Waals surface area contributed by atoms with Crippen molar-refractivity contribution in [3.8, 4) is 0 Å². The number of aliphatic carboxylic acids is 1. The third-order valence-corrected chi connectivity index (χ3v) is 5.04. The Bertz CT molecular complexity index is 590. The SMILES string of the molecule is O=C(O)C1CCCCN1S(=O)(=O)Nc1ccc(Br)nc1. The molecule has 110 valence electrons. The van der Waals surface area contributed by atoms with Gasteiger partial charge in [0.2, 0.25) is 0 Å². The molecule has 2 rings (SSSR count). The minimum absolute atomic E-state index is 0.205. The normalized spacial score (nSPS) is 20.6.